The van der Waals surface area contributed by atoms with Crippen molar-refractivity contribution in [3.63, 3.8) is 0 Å². The highest BCUT2D eigenvalue weighted by Gasteiger charge is 2.50. The molecule has 27 heavy (non-hydrogen) atoms. The van der Waals surface area contributed by atoms with Crippen LogP contribution in [0.15, 0.2) is 53.8 Å². The minimum atomic E-state index is -1.06. The molecule has 0 fully saturated rings. The van der Waals surface area contributed by atoms with Crippen molar-refractivity contribution in [2.24, 2.45) is 11.8 Å². The van der Waals surface area contributed by atoms with Crippen molar-refractivity contribution in [3.8, 4) is 0 Å². The van der Waals surface area contributed by atoms with E-state index in [4.69, 9.17) is 9.47 Å². The summed E-state index contributed by atoms with van der Waals surface area (Å²) in [6.45, 7) is 0.344. The van der Waals surface area contributed by atoms with Gasteiger partial charge < -0.3 is 19.5 Å². The molecule has 1 N–H and O–H groups in total. The summed E-state index contributed by atoms with van der Waals surface area (Å²) in [5, 5.41) is 9.89. The summed E-state index contributed by atoms with van der Waals surface area (Å²) in [6, 6.07) is 8.71. The molecule has 1 heterocycles. The number of ether oxygens (including phenoxy) is 2. The van der Waals surface area contributed by atoms with Crippen LogP contribution in [-0.4, -0.2) is 48.2 Å². The quantitative estimate of drug-likeness (QED) is 0.788. The average Bonchev–Trinajstić information content (AvgIpc) is 2.69. The van der Waals surface area contributed by atoms with Crippen molar-refractivity contribution >= 4 is 17.9 Å². The standard InChI is InChI=1S/C20H21NO6/c1-26-19(24)14-9-8-13-15(20(25)27-2)11-21(17(14)16(13)18(22)23)10-12-6-4-3-5-7-12/h3-7,9,11,13,16-17H,8,10H2,1-2H3,(H,22,23). The summed E-state index contributed by atoms with van der Waals surface area (Å²) in [7, 11) is 2.54. The molecule has 0 spiro atoms. The van der Waals surface area contributed by atoms with E-state index in [1.807, 2.05) is 30.3 Å². The normalized spacial score (nSPS) is 23.8. The first-order chi connectivity index (χ1) is 13.0. The minimum Gasteiger partial charge on any atom is -0.481 e. The Morgan fingerprint density at radius 2 is 1.70 bits per heavy atom. The van der Waals surface area contributed by atoms with Gasteiger partial charge in [-0.2, -0.15) is 0 Å². The Kier molecular flexibility index (Phi) is 5.30. The third kappa shape index (κ3) is 3.45. The Hall–Kier alpha value is -3.09. The van der Waals surface area contributed by atoms with Crippen LogP contribution in [0.4, 0.5) is 0 Å². The number of benzene rings is 1. The van der Waals surface area contributed by atoms with Crippen LogP contribution in [0.2, 0.25) is 0 Å². The zero-order valence-electron chi connectivity index (χ0n) is 15.1. The van der Waals surface area contributed by atoms with Crippen LogP contribution >= 0.6 is 0 Å². The molecule has 0 saturated carbocycles. The second-order valence-corrected chi connectivity index (χ2v) is 6.54. The predicted octanol–water partition coefficient (Wildman–Crippen LogP) is 1.75. The number of carboxylic acid groups (broad SMARTS) is 1. The maximum Gasteiger partial charge on any atom is 0.335 e. The van der Waals surface area contributed by atoms with Gasteiger partial charge in [-0.3, -0.25) is 4.79 Å². The maximum atomic E-state index is 12.3. The average molecular weight is 371 g/mol. The van der Waals surface area contributed by atoms with Crippen molar-refractivity contribution in [2.45, 2.75) is 19.0 Å². The smallest absolute Gasteiger partial charge is 0.335 e. The summed E-state index contributed by atoms with van der Waals surface area (Å²) in [4.78, 5) is 38.4. The lowest BCUT2D eigenvalue weighted by atomic mass is 9.69. The number of esters is 2. The van der Waals surface area contributed by atoms with Gasteiger partial charge in [0.1, 0.15) is 0 Å². The number of methoxy groups -OCH3 is 2. The van der Waals surface area contributed by atoms with E-state index in [0.29, 0.717) is 17.7 Å². The Bertz CT molecular complexity index is 813. The molecule has 1 aromatic rings. The molecule has 1 aliphatic heterocycles. The molecule has 1 aromatic carbocycles. The summed E-state index contributed by atoms with van der Waals surface area (Å²) < 4.78 is 9.73. The minimum absolute atomic E-state index is 0.262. The fourth-order valence-electron chi connectivity index (χ4n) is 3.88. The SMILES string of the molecule is COC(=O)C1=CN(Cc2ccccc2)C2C(C(=O)OC)=CCC1C2C(=O)O. The van der Waals surface area contributed by atoms with Gasteiger partial charge in [0.15, 0.2) is 0 Å². The van der Waals surface area contributed by atoms with E-state index in [2.05, 4.69) is 0 Å². The molecular weight excluding hydrogens is 350 g/mol. The van der Waals surface area contributed by atoms with Gasteiger partial charge in [-0.05, 0) is 12.0 Å². The first-order valence-electron chi connectivity index (χ1n) is 8.58. The second-order valence-electron chi connectivity index (χ2n) is 6.54. The number of rotatable bonds is 5. The molecule has 3 atom stereocenters. The first-order valence-corrected chi connectivity index (χ1v) is 8.58. The van der Waals surface area contributed by atoms with Crippen molar-refractivity contribution in [3.05, 3.63) is 59.3 Å². The predicted molar refractivity (Wildman–Crippen MR) is 95.2 cm³/mol. The number of fused-ring (bicyclic) bond motifs is 2. The molecule has 3 unspecified atom stereocenters. The van der Waals surface area contributed by atoms with Crippen LogP contribution in [0.1, 0.15) is 12.0 Å². The van der Waals surface area contributed by atoms with E-state index in [9.17, 15) is 19.5 Å². The van der Waals surface area contributed by atoms with Crippen molar-refractivity contribution in [1.82, 2.24) is 4.90 Å². The molecule has 2 bridgehead atoms. The Labute approximate surface area is 156 Å². The molecule has 0 amide bonds. The van der Waals surface area contributed by atoms with Gasteiger partial charge in [0, 0.05) is 18.7 Å². The molecule has 7 nitrogen and oxygen atoms in total. The highest BCUT2D eigenvalue weighted by Crippen LogP contribution is 2.43. The number of allylic oxidation sites excluding steroid dienone is 1. The molecular formula is C20H21NO6. The Balaban J connectivity index is 2.09. The molecule has 3 rings (SSSR count). The fourth-order valence-corrected chi connectivity index (χ4v) is 3.88. The van der Waals surface area contributed by atoms with Crippen LogP contribution in [0.3, 0.4) is 0 Å². The van der Waals surface area contributed by atoms with E-state index in [1.54, 1.807) is 17.2 Å². The van der Waals surface area contributed by atoms with Gasteiger partial charge in [-0.25, -0.2) is 9.59 Å². The zero-order valence-corrected chi connectivity index (χ0v) is 15.1. The lowest BCUT2D eigenvalue weighted by Gasteiger charge is -2.45. The maximum absolute atomic E-state index is 12.3. The highest BCUT2D eigenvalue weighted by molar-refractivity contribution is 5.95. The zero-order chi connectivity index (χ0) is 19.6. The third-order valence-corrected chi connectivity index (χ3v) is 5.08. The van der Waals surface area contributed by atoms with E-state index >= 15 is 0 Å². The van der Waals surface area contributed by atoms with Gasteiger partial charge >= 0.3 is 17.9 Å². The molecule has 7 heteroatoms. The molecule has 142 valence electrons. The number of nitrogens with zero attached hydrogens (tertiary/aromatic N) is 1. The Morgan fingerprint density at radius 1 is 1.07 bits per heavy atom. The Morgan fingerprint density at radius 3 is 2.30 bits per heavy atom. The van der Waals surface area contributed by atoms with Crippen LogP contribution in [-0.2, 0) is 30.4 Å². The number of carboxylic acids is 1. The van der Waals surface area contributed by atoms with Gasteiger partial charge in [0.05, 0.1) is 37.3 Å². The van der Waals surface area contributed by atoms with Crippen LogP contribution in [0.5, 0.6) is 0 Å². The second kappa shape index (κ2) is 7.65. The molecule has 2 aliphatic rings. The summed E-state index contributed by atoms with van der Waals surface area (Å²) in [5.74, 6) is -3.69. The lowest BCUT2D eigenvalue weighted by Crippen LogP contribution is -2.53. The summed E-state index contributed by atoms with van der Waals surface area (Å²) in [6.07, 6.45) is 3.57. The van der Waals surface area contributed by atoms with Gasteiger partial charge in [0.25, 0.3) is 0 Å². The lowest BCUT2D eigenvalue weighted by molar-refractivity contribution is -0.148. The van der Waals surface area contributed by atoms with Gasteiger partial charge in [-0.1, -0.05) is 36.4 Å². The topological polar surface area (TPSA) is 93.1 Å². The van der Waals surface area contributed by atoms with Crippen molar-refractivity contribution in [2.75, 3.05) is 14.2 Å². The van der Waals surface area contributed by atoms with Gasteiger partial charge in [0.2, 0.25) is 0 Å². The fraction of sp³-hybridized carbons (Fsp3) is 0.350. The molecule has 0 saturated heterocycles. The molecule has 1 aliphatic carbocycles. The largest absolute Gasteiger partial charge is 0.481 e. The third-order valence-electron chi connectivity index (χ3n) is 5.08. The molecule has 0 aromatic heterocycles. The van der Waals surface area contributed by atoms with E-state index in [-0.39, 0.29) is 6.42 Å². The van der Waals surface area contributed by atoms with Crippen LogP contribution in [0.25, 0.3) is 0 Å². The van der Waals surface area contributed by atoms with E-state index in [0.717, 1.165) is 5.56 Å². The van der Waals surface area contributed by atoms with Crippen LogP contribution in [0, 0.1) is 11.8 Å². The monoisotopic (exact) mass is 371 g/mol. The van der Waals surface area contributed by atoms with E-state index in [1.165, 1.54) is 14.2 Å². The number of hydrogen-bond acceptors (Lipinski definition) is 6. The summed E-state index contributed by atoms with van der Waals surface area (Å²) in [5.41, 5.74) is 1.53. The summed E-state index contributed by atoms with van der Waals surface area (Å²) >= 11 is 0. The molecule has 0 radical (unpaired) electrons. The van der Waals surface area contributed by atoms with Crippen molar-refractivity contribution < 1.29 is 29.0 Å². The van der Waals surface area contributed by atoms with Crippen molar-refractivity contribution in [1.29, 1.82) is 0 Å². The number of carbonyl (C=O) groups excluding carboxylic acids is 2. The number of aliphatic carboxylic acids is 1. The highest BCUT2D eigenvalue weighted by atomic mass is 16.5. The van der Waals surface area contributed by atoms with E-state index < -0.39 is 35.8 Å². The number of hydrogen-bond donors (Lipinski definition) is 1. The van der Waals surface area contributed by atoms with Gasteiger partial charge in [-0.15, -0.1) is 0 Å². The number of carbonyl (C=O) groups is 3. The first kappa shape index (κ1) is 18.7. The van der Waals surface area contributed by atoms with Crippen LogP contribution < -0.4 is 0 Å².